The summed E-state index contributed by atoms with van der Waals surface area (Å²) in [5.74, 6) is 0. The number of hydrogen-bond acceptors (Lipinski definition) is 2. The lowest BCUT2D eigenvalue weighted by molar-refractivity contribution is 0.281. The standard InChI is InChI=1S/C13H14N2O/c14-10-11-3-4-13-12(9-11)5-7-15(13)6-1-2-8-16/h3-5,7,9,16H,1-2,6,8H2. The quantitative estimate of drug-likeness (QED) is 0.794. The molecule has 1 aromatic heterocycles. The third-order valence-corrected chi connectivity index (χ3v) is 2.71. The molecule has 16 heavy (non-hydrogen) atoms. The Kier molecular flexibility index (Phi) is 3.23. The van der Waals surface area contributed by atoms with Crippen molar-refractivity contribution in [1.82, 2.24) is 4.57 Å². The van der Waals surface area contributed by atoms with Crippen LogP contribution >= 0.6 is 0 Å². The van der Waals surface area contributed by atoms with E-state index in [0.717, 1.165) is 30.3 Å². The molecule has 0 amide bonds. The van der Waals surface area contributed by atoms with E-state index in [9.17, 15) is 0 Å². The number of rotatable bonds is 4. The lowest BCUT2D eigenvalue weighted by atomic mass is 10.2. The van der Waals surface area contributed by atoms with Crippen LogP contribution in [0.1, 0.15) is 18.4 Å². The monoisotopic (exact) mass is 214 g/mol. The molecule has 1 heterocycles. The van der Waals surface area contributed by atoms with E-state index in [1.165, 1.54) is 0 Å². The van der Waals surface area contributed by atoms with Gasteiger partial charge in [0.1, 0.15) is 0 Å². The lowest BCUT2D eigenvalue weighted by Crippen LogP contribution is -1.97. The highest BCUT2D eigenvalue weighted by atomic mass is 16.2. The summed E-state index contributed by atoms with van der Waals surface area (Å²) in [5.41, 5.74) is 1.84. The highest BCUT2D eigenvalue weighted by Crippen LogP contribution is 2.17. The largest absolute Gasteiger partial charge is 0.396 e. The van der Waals surface area contributed by atoms with E-state index < -0.39 is 0 Å². The van der Waals surface area contributed by atoms with Crippen LogP contribution in [-0.2, 0) is 6.54 Å². The molecule has 0 unspecified atom stereocenters. The fourth-order valence-corrected chi connectivity index (χ4v) is 1.86. The van der Waals surface area contributed by atoms with Crippen LogP contribution in [0.5, 0.6) is 0 Å². The molecule has 2 aromatic rings. The molecule has 3 heteroatoms. The number of aliphatic hydroxyl groups is 1. The second-order valence-corrected chi connectivity index (χ2v) is 3.83. The first-order chi connectivity index (χ1) is 7.85. The number of nitriles is 1. The molecule has 0 saturated carbocycles. The summed E-state index contributed by atoms with van der Waals surface area (Å²) in [4.78, 5) is 0. The summed E-state index contributed by atoms with van der Waals surface area (Å²) in [6.07, 6.45) is 3.83. The van der Waals surface area contributed by atoms with Crippen LogP contribution < -0.4 is 0 Å². The van der Waals surface area contributed by atoms with Crippen LogP contribution in [-0.4, -0.2) is 16.3 Å². The molecule has 1 aromatic carbocycles. The third kappa shape index (κ3) is 2.07. The van der Waals surface area contributed by atoms with Gasteiger partial charge in [0, 0.05) is 30.3 Å². The maximum atomic E-state index is 8.79. The fourth-order valence-electron chi connectivity index (χ4n) is 1.86. The van der Waals surface area contributed by atoms with E-state index in [2.05, 4.69) is 10.6 Å². The van der Waals surface area contributed by atoms with Crippen LogP contribution in [0.15, 0.2) is 30.5 Å². The number of aryl methyl sites for hydroxylation is 1. The Morgan fingerprint density at radius 3 is 2.88 bits per heavy atom. The van der Waals surface area contributed by atoms with Gasteiger partial charge < -0.3 is 9.67 Å². The van der Waals surface area contributed by atoms with E-state index in [0.29, 0.717) is 5.56 Å². The molecule has 0 atom stereocenters. The van der Waals surface area contributed by atoms with Gasteiger partial charge in [-0.05, 0) is 37.1 Å². The van der Waals surface area contributed by atoms with Gasteiger partial charge >= 0.3 is 0 Å². The van der Waals surface area contributed by atoms with Crippen LogP contribution in [0, 0.1) is 11.3 Å². The Bertz CT molecular complexity index is 522. The van der Waals surface area contributed by atoms with Crippen molar-refractivity contribution < 1.29 is 5.11 Å². The van der Waals surface area contributed by atoms with Gasteiger partial charge in [-0.2, -0.15) is 5.26 Å². The first-order valence-electron chi connectivity index (χ1n) is 5.45. The molecule has 0 aliphatic rings. The summed E-state index contributed by atoms with van der Waals surface area (Å²) >= 11 is 0. The van der Waals surface area contributed by atoms with Gasteiger partial charge in [-0.3, -0.25) is 0 Å². The number of nitrogens with zero attached hydrogens (tertiary/aromatic N) is 2. The first kappa shape index (κ1) is 10.7. The van der Waals surface area contributed by atoms with Gasteiger partial charge in [0.25, 0.3) is 0 Å². The van der Waals surface area contributed by atoms with E-state index in [1.54, 1.807) is 0 Å². The van der Waals surface area contributed by atoms with Crippen LogP contribution in [0.2, 0.25) is 0 Å². The Morgan fingerprint density at radius 2 is 2.12 bits per heavy atom. The number of unbranched alkanes of at least 4 members (excludes halogenated alkanes) is 1. The lowest BCUT2D eigenvalue weighted by Gasteiger charge is -2.04. The Labute approximate surface area is 94.5 Å². The molecule has 0 saturated heterocycles. The second-order valence-electron chi connectivity index (χ2n) is 3.83. The highest BCUT2D eigenvalue weighted by molar-refractivity contribution is 5.81. The fraction of sp³-hybridized carbons (Fsp3) is 0.308. The van der Waals surface area contributed by atoms with Crippen molar-refractivity contribution in [3.63, 3.8) is 0 Å². The Balaban J connectivity index is 2.25. The van der Waals surface area contributed by atoms with Gasteiger partial charge in [-0.1, -0.05) is 0 Å². The molecule has 82 valence electrons. The van der Waals surface area contributed by atoms with Crippen molar-refractivity contribution in [1.29, 1.82) is 5.26 Å². The van der Waals surface area contributed by atoms with Crippen LogP contribution in [0.3, 0.4) is 0 Å². The predicted molar refractivity (Wildman–Crippen MR) is 63.0 cm³/mol. The summed E-state index contributed by atoms with van der Waals surface area (Å²) in [6.45, 7) is 1.16. The van der Waals surface area contributed by atoms with E-state index >= 15 is 0 Å². The SMILES string of the molecule is N#Cc1ccc2c(ccn2CCCCO)c1. The highest BCUT2D eigenvalue weighted by Gasteiger charge is 2.01. The maximum absolute atomic E-state index is 8.79. The zero-order chi connectivity index (χ0) is 11.4. The van der Waals surface area contributed by atoms with Crippen LogP contribution in [0.25, 0.3) is 10.9 Å². The minimum atomic E-state index is 0.248. The smallest absolute Gasteiger partial charge is 0.0991 e. The van der Waals surface area contributed by atoms with E-state index in [1.807, 2.05) is 30.5 Å². The number of aromatic nitrogens is 1. The molecule has 2 rings (SSSR count). The molecule has 0 aliphatic heterocycles. The third-order valence-electron chi connectivity index (χ3n) is 2.71. The van der Waals surface area contributed by atoms with E-state index in [-0.39, 0.29) is 6.61 Å². The molecule has 0 aliphatic carbocycles. The second kappa shape index (κ2) is 4.82. The summed E-state index contributed by atoms with van der Waals surface area (Å²) in [5, 5.41) is 18.6. The average Bonchev–Trinajstić information content (AvgIpc) is 2.72. The van der Waals surface area contributed by atoms with Crippen molar-refractivity contribution in [2.75, 3.05) is 6.61 Å². The normalized spacial score (nSPS) is 10.5. The zero-order valence-electron chi connectivity index (χ0n) is 9.06. The first-order valence-corrected chi connectivity index (χ1v) is 5.45. The number of benzene rings is 1. The minimum Gasteiger partial charge on any atom is -0.396 e. The number of aliphatic hydroxyl groups excluding tert-OH is 1. The van der Waals surface area contributed by atoms with E-state index in [4.69, 9.17) is 10.4 Å². The summed E-state index contributed by atoms with van der Waals surface area (Å²) < 4.78 is 2.16. The maximum Gasteiger partial charge on any atom is 0.0991 e. The Morgan fingerprint density at radius 1 is 1.25 bits per heavy atom. The number of fused-ring (bicyclic) bond motifs is 1. The van der Waals surface area contributed by atoms with Crippen molar-refractivity contribution >= 4 is 10.9 Å². The zero-order valence-corrected chi connectivity index (χ0v) is 9.06. The van der Waals surface area contributed by atoms with Crippen molar-refractivity contribution in [2.24, 2.45) is 0 Å². The Hall–Kier alpha value is -1.79. The molecule has 0 fully saturated rings. The topological polar surface area (TPSA) is 49.0 Å². The summed E-state index contributed by atoms with van der Waals surface area (Å²) in [6, 6.07) is 9.88. The molecular formula is C13H14N2O. The van der Waals surface area contributed by atoms with Crippen molar-refractivity contribution in [3.05, 3.63) is 36.0 Å². The van der Waals surface area contributed by atoms with Crippen molar-refractivity contribution in [3.8, 4) is 6.07 Å². The van der Waals surface area contributed by atoms with Crippen molar-refractivity contribution in [2.45, 2.75) is 19.4 Å². The van der Waals surface area contributed by atoms with Gasteiger partial charge in [0.15, 0.2) is 0 Å². The molecule has 1 N–H and O–H groups in total. The van der Waals surface area contributed by atoms with Gasteiger partial charge in [-0.25, -0.2) is 0 Å². The molecule has 0 radical (unpaired) electrons. The average molecular weight is 214 g/mol. The molecular weight excluding hydrogens is 200 g/mol. The van der Waals surface area contributed by atoms with Gasteiger partial charge in [0.2, 0.25) is 0 Å². The molecule has 0 spiro atoms. The summed E-state index contributed by atoms with van der Waals surface area (Å²) in [7, 11) is 0. The minimum absolute atomic E-state index is 0.248. The van der Waals surface area contributed by atoms with Gasteiger partial charge in [-0.15, -0.1) is 0 Å². The van der Waals surface area contributed by atoms with Gasteiger partial charge in [0.05, 0.1) is 11.6 Å². The molecule has 0 bridgehead atoms. The van der Waals surface area contributed by atoms with Crippen LogP contribution in [0.4, 0.5) is 0 Å². The predicted octanol–water partition coefficient (Wildman–Crippen LogP) is 2.29. The number of hydrogen-bond donors (Lipinski definition) is 1. The molecule has 3 nitrogen and oxygen atoms in total.